The molecule has 0 bridgehead atoms. The van der Waals surface area contributed by atoms with E-state index >= 15 is 0 Å². The third kappa shape index (κ3) is 3.02. The number of fused-ring (bicyclic) bond motifs is 1. The lowest BCUT2D eigenvalue weighted by Crippen LogP contribution is -2.33. The van der Waals surface area contributed by atoms with Crippen LogP contribution in [0.4, 0.5) is 5.69 Å². The zero-order valence-electron chi connectivity index (χ0n) is 14.6. The van der Waals surface area contributed by atoms with E-state index in [2.05, 4.69) is 17.1 Å². The first-order valence-corrected chi connectivity index (χ1v) is 10.4. The van der Waals surface area contributed by atoms with Gasteiger partial charge in [0.1, 0.15) is 0 Å². The number of aromatic nitrogens is 1. The summed E-state index contributed by atoms with van der Waals surface area (Å²) in [7, 11) is -3.14. The van der Waals surface area contributed by atoms with E-state index in [9.17, 15) is 8.42 Å². The van der Waals surface area contributed by atoms with Crippen molar-refractivity contribution in [2.75, 3.05) is 25.1 Å². The molecular formula is C20H21N3O2S. The quantitative estimate of drug-likeness (QED) is 0.696. The maximum absolute atomic E-state index is 11.7. The van der Waals surface area contributed by atoms with Gasteiger partial charge in [0, 0.05) is 40.9 Å². The van der Waals surface area contributed by atoms with E-state index in [-0.39, 0.29) is 0 Å². The van der Waals surface area contributed by atoms with Gasteiger partial charge in [-0.2, -0.15) is 4.31 Å². The van der Waals surface area contributed by atoms with E-state index < -0.39 is 10.0 Å². The predicted octanol–water partition coefficient (Wildman–Crippen LogP) is 3.47. The van der Waals surface area contributed by atoms with Crippen LogP contribution in [-0.4, -0.2) is 37.1 Å². The minimum Gasteiger partial charge on any atom is -0.398 e. The lowest BCUT2D eigenvalue weighted by Gasteiger charge is -2.23. The number of hydrogen-bond acceptors (Lipinski definition) is 3. The molecule has 4 rings (SSSR count). The number of aromatic amines is 1. The van der Waals surface area contributed by atoms with Gasteiger partial charge in [-0.15, -0.1) is 0 Å². The number of nitrogens with zero attached hydrogens (tertiary/aromatic N) is 1. The Bertz CT molecular complexity index is 1110. The molecule has 0 radical (unpaired) electrons. The van der Waals surface area contributed by atoms with Crippen LogP contribution in [0.15, 0.2) is 54.6 Å². The number of H-pyrrole nitrogens is 1. The number of hydrogen-bond donors (Lipinski definition) is 2. The van der Waals surface area contributed by atoms with Gasteiger partial charge in [0.25, 0.3) is 0 Å². The van der Waals surface area contributed by atoms with Crippen LogP contribution in [-0.2, 0) is 10.0 Å². The van der Waals surface area contributed by atoms with Crippen molar-refractivity contribution in [1.82, 2.24) is 9.29 Å². The Hall–Kier alpha value is -2.57. The second-order valence-corrected chi connectivity index (χ2v) is 8.62. The molecule has 5 nitrogen and oxygen atoms in total. The molecule has 0 saturated carbocycles. The fourth-order valence-corrected chi connectivity index (χ4v) is 4.27. The third-order valence-electron chi connectivity index (χ3n) is 4.90. The molecule has 0 aliphatic carbocycles. The maximum atomic E-state index is 11.7. The lowest BCUT2D eigenvalue weighted by molar-refractivity contribution is 0.445. The summed E-state index contributed by atoms with van der Waals surface area (Å²) in [6, 6.07) is 16.1. The Morgan fingerprint density at radius 1 is 1.08 bits per heavy atom. The van der Waals surface area contributed by atoms with Crippen molar-refractivity contribution in [2.24, 2.45) is 0 Å². The van der Waals surface area contributed by atoms with Crippen LogP contribution in [0, 0.1) is 0 Å². The van der Waals surface area contributed by atoms with Crippen molar-refractivity contribution < 1.29 is 8.42 Å². The SMILES string of the molecule is CS(=O)(=O)N1CC=C(c2cc3c(-c4ccccc4N)cccc3[nH]2)CC1. The van der Waals surface area contributed by atoms with Crippen LogP contribution in [0.5, 0.6) is 0 Å². The van der Waals surface area contributed by atoms with Gasteiger partial charge in [0.15, 0.2) is 0 Å². The molecule has 0 fully saturated rings. The van der Waals surface area contributed by atoms with Crippen LogP contribution in [0.25, 0.3) is 27.6 Å². The number of nitrogens with one attached hydrogen (secondary N) is 1. The first-order valence-electron chi connectivity index (χ1n) is 8.54. The van der Waals surface area contributed by atoms with E-state index in [0.717, 1.165) is 39.0 Å². The van der Waals surface area contributed by atoms with Crippen molar-refractivity contribution >= 4 is 32.2 Å². The summed E-state index contributed by atoms with van der Waals surface area (Å²) in [6.07, 6.45) is 3.94. The van der Waals surface area contributed by atoms with Gasteiger partial charge in [0.05, 0.1) is 6.26 Å². The molecule has 6 heteroatoms. The van der Waals surface area contributed by atoms with Crippen LogP contribution < -0.4 is 5.73 Å². The second-order valence-electron chi connectivity index (χ2n) is 6.64. The highest BCUT2D eigenvalue weighted by atomic mass is 32.2. The molecule has 2 heterocycles. The third-order valence-corrected chi connectivity index (χ3v) is 6.17. The molecule has 26 heavy (non-hydrogen) atoms. The molecular weight excluding hydrogens is 346 g/mol. The number of rotatable bonds is 3. The minimum absolute atomic E-state index is 0.419. The highest BCUT2D eigenvalue weighted by Gasteiger charge is 2.21. The minimum atomic E-state index is -3.14. The normalized spacial score (nSPS) is 16.0. The average molecular weight is 367 g/mol. The molecule has 0 unspecified atom stereocenters. The molecule has 0 saturated heterocycles. The first kappa shape index (κ1) is 16.9. The van der Waals surface area contributed by atoms with Gasteiger partial charge < -0.3 is 10.7 Å². The zero-order chi connectivity index (χ0) is 18.3. The smallest absolute Gasteiger partial charge is 0.211 e. The molecule has 134 valence electrons. The van der Waals surface area contributed by atoms with Gasteiger partial charge >= 0.3 is 0 Å². The van der Waals surface area contributed by atoms with E-state index in [0.29, 0.717) is 19.5 Å². The lowest BCUT2D eigenvalue weighted by atomic mass is 9.99. The summed E-state index contributed by atoms with van der Waals surface area (Å²) < 4.78 is 24.9. The van der Waals surface area contributed by atoms with Gasteiger partial charge in [-0.05, 0) is 35.8 Å². The highest BCUT2D eigenvalue weighted by Crippen LogP contribution is 2.34. The topological polar surface area (TPSA) is 79.2 Å². The average Bonchev–Trinajstić information content (AvgIpc) is 3.06. The monoisotopic (exact) mass is 367 g/mol. The fourth-order valence-electron chi connectivity index (χ4n) is 3.50. The molecule has 0 amide bonds. The summed E-state index contributed by atoms with van der Waals surface area (Å²) in [5, 5.41) is 1.12. The Morgan fingerprint density at radius 2 is 1.85 bits per heavy atom. The number of anilines is 1. The van der Waals surface area contributed by atoms with Crippen molar-refractivity contribution in [2.45, 2.75) is 6.42 Å². The molecule has 1 aliphatic heterocycles. The van der Waals surface area contributed by atoms with Crippen LogP contribution in [0.3, 0.4) is 0 Å². The van der Waals surface area contributed by atoms with Crippen molar-refractivity contribution in [1.29, 1.82) is 0 Å². The largest absolute Gasteiger partial charge is 0.398 e. The standard InChI is InChI=1S/C20H21N3O2S/c1-26(24,25)23-11-9-14(10-12-23)20-13-17-15(6-4-8-19(17)22-20)16-5-2-3-7-18(16)21/h2-9,13,22H,10-12,21H2,1H3. The van der Waals surface area contributed by atoms with E-state index in [1.54, 1.807) is 0 Å². The molecule has 2 aromatic carbocycles. The molecule has 1 aliphatic rings. The fraction of sp³-hybridized carbons (Fsp3) is 0.200. The van der Waals surface area contributed by atoms with Crippen molar-refractivity contribution in [3.8, 4) is 11.1 Å². The van der Waals surface area contributed by atoms with Gasteiger partial charge in [-0.1, -0.05) is 36.4 Å². The Balaban J connectivity index is 1.75. The summed E-state index contributed by atoms with van der Waals surface area (Å²) in [6.45, 7) is 0.931. The maximum Gasteiger partial charge on any atom is 0.211 e. The number of sulfonamides is 1. The van der Waals surface area contributed by atoms with Crippen molar-refractivity contribution in [3.63, 3.8) is 0 Å². The highest BCUT2D eigenvalue weighted by molar-refractivity contribution is 7.88. The number of para-hydroxylation sites is 1. The molecule has 1 aromatic heterocycles. The summed E-state index contributed by atoms with van der Waals surface area (Å²) in [4.78, 5) is 3.47. The van der Waals surface area contributed by atoms with E-state index in [1.165, 1.54) is 10.6 Å². The summed E-state index contributed by atoms with van der Waals surface area (Å²) >= 11 is 0. The van der Waals surface area contributed by atoms with Gasteiger partial charge in [0.2, 0.25) is 10.0 Å². The zero-order valence-corrected chi connectivity index (χ0v) is 15.4. The molecule has 3 aromatic rings. The summed E-state index contributed by atoms with van der Waals surface area (Å²) in [5.74, 6) is 0. The number of nitrogen functional groups attached to an aromatic ring is 1. The van der Waals surface area contributed by atoms with Crippen molar-refractivity contribution in [3.05, 3.63) is 60.3 Å². The van der Waals surface area contributed by atoms with Gasteiger partial charge in [-0.25, -0.2) is 8.42 Å². The molecule has 0 spiro atoms. The Morgan fingerprint density at radius 3 is 2.54 bits per heavy atom. The van der Waals surface area contributed by atoms with Crippen LogP contribution >= 0.6 is 0 Å². The summed E-state index contributed by atoms with van der Waals surface area (Å²) in [5.41, 5.74) is 12.3. The van der Waals surface area contributed by atoms with Crippen LogP contribution in [0.1, 0.15) is 12.1 Å². The number of benzene rings is 2. The molecule has 0 atom stereocenters. The van der Waals surface area contributed by atoms with Gasteiger partial charge in [-0.3, -0.25) is 0 Å². The number of nitrogens with two attached hydrogens (primary N) is 1. The second kappa shape index (κ2) is 6.30. The van der Waals surface area contributed by atoms with Crippen LogP contribution in [0.2, 0.25) is 0 Å². The Labute approximate surface area is 153 Å². The Kier molecular flexibility index (Phi) is 4.09. The van der Waals surface area contributed by atoms with E-state index in [4.69, 9.17) is 5.73 Å². The first-order chi connectivity index (χ1) is 12.4. The van der Waals surface area contributed by atoms with E-state index in [1.807, 2.05) is 42.5 Å². The predicted molar refractivity (Wildman–Crippen MR) is 107 cm³/mol. The molecule has 3 N–H and O–H groups in total.